The van der Waals surface area contributed by atoms with Crippen molar-refractivity contribution in [2.24, 2.45) is 5.14 Å². The van der Waals surface area contributed by atoms with E-state index in [0.717, 1.165) is 5.69 Å². The Kier molecular flexibility index (Phi) is 4.35. The number of anilines is 2. The number of likely N-dealkylation sites (N-methyl/N-ethyl adjacent to an activating group) is 1. The van der Waals surface area contributed by atoms with Crippen molar-refractivity contribution in [3.05, 3.63) is 42.5 Å². The molecule has 1 aliphatic rings. The highest BCUT2D eigenvalue weighted by molar-refractivity contribution is 7.93. The zero-order chi connectivity index (χ0) is 18.2. The third-order valence-electron chi connectivity index (χ3n) is 3.77. The molecule has 0 unspecified atom stereocenters. The largest absolute Gasteiger partial charge is 0.490 e. The number of rotatable bonds is 4. The summed E-state index contributed by atoms with van der Waals surface area (Å²) in [7, 11) is -6.20. The predicted octanol–water partition coefficient (Wildman–Crippen LogP) is 0.963. The number of nitrogens with two attached hydrogens (primary N) is 1. The van der Waals surface area contributed by atoms with Crippen molar-refractivity contribution in [1.82, 2.24) is 0 Å². The Morgan fingerprint density at radius 2 is 1.84 bits per heavy atom. The number of hydrogen-bond acceptors (Lipinski definition) is 6. The summed E-state index contributed by atoms with van der Waals surface area (Å²) in [6.45, 7) is 1.16. The van der Waals surface area contributed by atoms with Crippen LogP contribution in [0.25, 0.3) is 0 Å². The van der Waals surface area contributed by atoms with Crippen molar-refractivity contribution < 1.29 is 21.6 Å². The number of fused-ring (bicyclic) bond motifs is 1. The van der Waals surface area contributed by atoms with Crippen LogP contribution >= 0.6 is 0 Å². The fourth-order valence-electron chi connectivity index (χ4n) is 2.51. The van der Waals surface area contributed by atoms with Gasteiger partial charge in [0.05, 0.1) is 22.8 Å². The second kappa shape index (κ2) is 6.21. The second-order valence-electron chi connectivity index (χ2n) is 5.55. The van der Waals surface area contributed by atoms with Gasteiger partial charge < -0.3 is 9.64 Å². The van der Waals surface area contributed by atoms with Gasteiger partial charge in [-0.2, -0.15) is 0 Å². The average molecular weight is 383 g/mol. The van der Waals surface area contributed by atoms with Crippen LogP contribution in [0.1, 0.15) is 0 Å². The lowest BCUT2D eigenvalue weighted by Gasteiger charge is -2.27. The number of ether oxygens (including phenoxy) is 1. The number of nitrogens with one attached hydrogen (secondary N) is 1. The average Bonchev–Trinajstić information content (AvgIpc) is 2.54. The Hall–Kier alpha value is -2.30. The lowest BCUT2D eigenvalue weighted by atomic mass is 10.2. The number of hydrogen-bond donors (Lipinski definition) is 2. The van der Waals surface area contributed by atoms with Crippen molar-refractivity contribution in [3.8, 4) is 5.75 Å². The lowest BCUT2D eigenvalue weighted by Crippen LogP contribution is -2.29. The summed E-state index contributed by atoms with van der Waals surface area (Å²) in [4.78, 5) is 1.62. The van der Waals surface area contributed by atoms with Gasteiger partial charge in [0.2, 0.25) is 10.0 Å². The Labute approximate surface area is 146 Å². The van der Waals surface area contributed by atoms with Crippen molar-refractivity contribution in [3.63, 3.8) is 0 Å². The predicted molar refractivity (Wildman–Crippen MR) is 93.8 cm³/mol. The molecule has 0 fully saturated rings. The molecule has 0 aromatic heterocycles. The Bertz CT molecular complexity index is 1020. The molecule has 2 aromatic carbocycles. The third-order valence-corrected chi connectivity index (χ3v) is 6.11. The van der Waals surface area contributed by atoms with Gasteiger partial charge in [0.1, 0.15) is 17.3 Å². The number of primary sulfonamides is 1. The van der Waals surface area contributed by atoms with E-state index < -0.39 is 20.0 Å². The molecule has 8 nitrogen and oxygen atoms in total. The first-order valence-electron chi connectivity index (χ1n) is 7.31. The first-order chi connectivity index (χ1) is 11.7. The van der Waals surface area contributed by atoms with Gasteiger partial charge in [-0.25, -0.2) is 22.0 Å². The molecule has 0 saturated heterocycles. The third kappa shape index (κ3) is 3.55. The summed E-state index contributed by atoms with van der Waals surface area (Å²) in [5.41, 5.74) is 0.677. The summed E-state index contributed by atoms with van der Waals surface area (Å²) in [5, 5.41) is 5.13. The van der Waals surface area contributed by atoms with E-state index in [-0.39, 0.29) is 15.5 Å². The molecule has 0 bridgehead atoms. The van der Waals surface area contributed by atoms with Crippen molar-refractivity contribution in [1.29, 1.82) is 0 Å². The summed E-state index contributed by atoms with van der Waals surface area (Å²) in [6, 6.07) is 10.0. The molecule has 3 N–H and O–H groups in total. The Morgan fingerprint density at radius 3 is 2.56 bits per heavy atom. The maximum atomic E-state index is 12.6. The summed E-state index contributed by atoms with van der Waals surface area (Å²) in [5.74, 6) is 0.455. The van der Waals surface area contributed by atoms with Gasteiger partial charge in [0.15, 0.2) is 0 Å². The molecule has 25 heavy (non-hydrogen) atoms. The van der Waals surface area contributed by atoms with E-state index >= 15 is 0 Å². The Balaban J connectivity index is 1.99. The van der Waals surface area contributed by atoms with E-state index in [1.807, 2.05) is 11.9 Å². The van der Waals surface area contributed by atoms with Gasteiger partial charge in [0.25, 0.3) is 10.0 Å². The first-order valence-corrected chi connectivity index (χ1v) is 10.3. The van der Waals surface area contributed by atoms with Gasteiger partial charge >= 0.3 is 0 Å². The van der Waals surface area contributed by atoms with Gasteiger partial charge in [0, 0.05) is 13.1 Å². The molecule has 1 heterocycles. The zero-order valence-corrected chi connectivity index (χ0v) is 15.0. The molecule has 2 aromatic rings. The minimum atomic E-state index is -4.07. The van der Waals surface area contributed by atoms with Crippen molar-refractivity contribution in [2.75, 3.05) is 29.8 Å². The quantitative estimate of drug-likeness (QED) is 0.812. The standard InChI is InChI=1S/C15H17N3O5S2/c1-18-8-9-23-14-10-11(6-7-13(14)18)25(21,22)17-12-4-2-3-5-15(12)24(16,19)20/h2-7,10,17H,8-9H2,1H3,(H2,16,19,20). The molecule has 0 saturated carbocycles. The van der Waals surface area contributed by atoms with Crippen LogP contribution in [0.3, 0.4) is 0 Å². The summed E-state index contributed by atoms with van der Waals surface area (Å²) < 4.78 is 56.3. The van der Waals surface area contributed by atoms with Gasteiger partial charge in [-0.3, -0.25) is 4.72 Å². The first kappa shape index (κ1) is 17.5. The SMILES string of the molecule is CN1CCOc2cc(S(=O)(=O)Nc3ccccc3S(N)(=O)=O)ccc21. The van der Waals surface area contributed by atoms with Crippen LogP contribution in [-0.2, 0) is 20.0 Å². The van der Waals surface area contributed by atoms with Crippen LogP contribution in [0.2, 0.25) is 0 Å². The molecule has 0 spiro atoms. The maximum Gasteiger partial charge on any atom is 0.262 e. The van der Waals surface area contributed by atoms with Crippen LogP contribution in [0, 0.1) is 0 Å². The van der Waals surface area contributed by atoms with E-state index in [1.54, 1.807) is 6.07 Å². The molecular formula is C15H17N3O5S2. The minimum absolute atomic E-state index is 0.0363. The topological polar surface area (TPSA) is 119 Å². The minimum Gasteiger partial charge on any atom is -0.490 e. The summed E-state index contributed by atoms with van der Waals surface area (Å²) in [6.07, 6.45) is 0. The van der Waals surface area contributed by atoms with E-state index in [4.69, 9.17) is 9.88 Å². The van der Waals surface area contributed by atoms with Crippen molar-refractivity contribution in [2.45, 2.75) is 9.79 Å². The Morgan fingerprint density at radius 1 is 1.12 bits per heavy atom. The molecule has 1 aliphatic heterocycles. The molecule has 10 heteroatoms. The van der Waals surface area contributed by atoms with Gasteiger partial charge in [-0.1, -0.05) is 12.1 Å². The monoisotopic (exact) mass is 383 g/mol. The van der Waals surface area contributed by atoms with Crippen LogP contribution < -0.4 is 19.5 Å². The maximum absolute atomic E-state index is 12.6. The second-order valence-corrected chi connectivity index (χ2v) is 8.76. The lowest BCUT2D eigenvalue weighted by molar-refractivity contribution is 0.310. The van der Waals surface area contributed by atoms with Crippen LogP contribution in [0.5, 0.6) is 5.75 Å². The molecule has 0 atom stereocenters. The zero-order valence-electron chi connectivity index (χ0n) is 13.3. The van der Waals surface area contributed by atoms with Crippen LogP contribution in [-0.4, -0.2) is 37.0 Å². The highest BCUT2D eigenvalue weighted by Crippen LogP contribution is 2.33. The number of sulfonamides is 2. The van der Waals surface area contributed by atoms with Crippen molar-refractivity contribution >= 4 is 31.4 Å². The normalized spacial score (nSPS) is 14.6. The van der Waals surface area contributed by atoms with Gasteiger partial charge in [-0.05, 0) is 24.3 Å². The van der Waals surface area contributed by atoms with E-state index in [9.17, 15) is 16.8 Å². The highest BCUT2D eigenvalue weighted by atomic mass is 32.2. The fraction of sp³-hybridized carbons (Fsp3) is 0.200. The molecule has 0 amide bonds. The molecule has 3 rings (SSSR count). The fourth-order valence-corrected chi connectivity index (χ4v) is 4.36. The smallest absolute Gasteiger partial charge is 0.262 e. The molecule has 0 aliphatic carbocycles. The molecular weight excluding hydrogens is 366 g/mol. The summed E-state index contributed by atoms with van der Waals surface area (Å²) >= 11 is 0. The highest BCUT2D eigenvalue weighted by Gasteiger charge is 2.23. The molecule has 0 radical (unpaired) electrons. The molecule has 134 valence electrons. The van der Waals surface area contributed by atoms with E-state index in [1.165, 1.54) is 36.4 Å². The van der Waals surface area contributed by atoms with Gasteiger partial charge in [-0.15, -0.1) is 0 Å². The number of benzene rings is 2. The van der Waals surface area contributed by atoms with E-state index in [0.29, 0.717) is 18.9 Å². The van der Waals surface area contributed by atoms with E-state index in [2.05, 4.69) is 4.72 Å². The van der Waals surface area contributed by atoms with Crippen LogP contribution in [0.15, 0.2) is 52.3 Å². The number of para-hydroxylation sites is 1. The number of nitrogens with zero attached hydrogens (tertiary/aromatic N) is 1. The van der Waals surface area contributed by atoms with Crippen LogP contribution in [0.4, 0.5) is 11.4 Å².